The van der Waals surface area contributed by atoms with Crippen molar-refractivity contribution in [3.05, 3.63) is 41.0 Å². The van der Waals surface area contributed by atoms with Crippen molar-refractivity contribution < 1.29 is 4.74 Å². The molecule has 0 spiro atoms. The summed E-state index contributed by atoms with van der Waals surface area (Å²) in [7, 11) is 1.51. The van der Waals surface area contributed by atoms with E-state index >= 15 is 0 Å². The monoisotopic (exact) mass is 274 g/mol. The topological polar surface area (TPSA) is 52.3 Å². The normalized spacial score (nSPS) is 10.9. The highest BCUT2D eigenvalue weighted by atomic mass is 35.5. The molecule has 0 N–H and O–H groups in total. The number of halogens is 1. The molecule has 0 bridgehead atoms. The van der Waals surface area contributed by atoms with E-state index in [9.17, 15) is 0 Å². The molecule has 3 aromatic rings. The van der Waals surface area contributed by atoms with E-state index in [2.05, 4.69) is 15.1 Å². The van der Waals surface area contributed by atoms with Gasteiger partial charge < -0.3 is 4.74 Å². The van der Waals surface area contributed by atoms with Crippen LogP contribution in [0.25, 0.3) is 17.0 Å². The van der Waals surface area contributed by atoms with Crippen LogP contribution in [0, 0.1) is 6.92 Å². The molecule has 96 valence electrons. The van der Waals surface area contributed by atoms with Crippen molar-refractivity contribution in [3.8, 4) is 17.3 Å². The Morgan fingerprint density at radius 2 is 1.89 bits per heavy atom. The Morgan fingerprint density at radius 1 is 1.16 bits per heavy atom. The van der Waals surface area contributed by atoms with E-state index < -0.39 is 0 Å². The summed E-state index contributed by atoms with van der Waals surface area (Å²) in [5, 5.41) is 4.60. The van der Waals surface area contributed by atoms with Crippen molar-refractivity contribution in [3.63, 3.8) is 0 Å². The summed E-state index contributed by atoms with van der Waals surface area (Å²) in [4.78, 5) is 8.65. The summed E-state index contributed by atoms with van der Waals surface area (Å²) in [5.41, 5.74) is 2.65. The summed E-state index contributed by atoms with van der Waals surface area (Å²) < 4.78 is 6.47. The summed E-state index contributed by atoms with van der Waals surface area (Å²) >= 11 is 6.32. The average molecular weight is 275 g/mol. The van der Waals surface area contributed by atoms with Gasteiger partial charge in [0.2, 0.25) is 0 Å². The number of fused-ring (bicyclic) bond motifs is 1. The minimum atomic E-state index is 0.249. The third kappa shape index (κ3) is 1.92. The van der Waals surface area contributed by atoms with E-state index in [0.29, 0.717) is 10.9 Å². The molecule has 0 saturated heterocycles. The van der Waals surface area contributed by atoms with Gasteiger partial charge in [-0.15, -0.1) is 5.10 Å². The Balaban J connectivity index is 2.29. The molecule has 0 unspecified atom stereocenters. The molecular formula is C13H11ClN4O. The van der Waals surface area contributed by atoms with E-state index in [0.717, 1.165) is 16.8 Å². The van der Waals surface area contributed by atoms with Gasteiger partial charge in [-0.3, -0.25) is 0 Å². The zero-order valence-electron chi connectivity index (χ0n) is 10.5. The SMILES string of the molecule is COc1nc2nc(-c3ccccc3)c(C)c(Cl)n2n1. The Kier molecular flexibility index (Phi) is 2.83. The zero-order chi connectivity index (χ0) is 13.4. The van der Waals surface area contributed by atoms with Gasteiger partial charge in [-0.25, -0.2) is 4.98 Å². The molecule has 0 saturated carbocycles. The number of hydrogen-bond donors (Lipinski definition) is 0. The third-order valence-corrected chi connectivity index (χ3v) is 3.31. The highest BCUT2D eigenvalue weighted by molar-refractivity contribution is 6.30. The Hall–Kier alpha value is -2.14. The first kappa shape index (κ1) is 11.9. The van der Waals surface area contributed by atoms with E-state index in [1.807, 2.05) is 37.3 Å². The second kappa shape index (κ2) is 4.51. The fourth-order valence-corrected chi connectivity index (χ4v) is 2.10. The van der Waals surface area contributed by atoms with Crippen LogP contribution in [0.5, 0.6) is 6.01 Å². The first-order valence-corrected chi connectivity index (χ1v) is 6.11. The molecule has 0 aliphatic heterocycles. The van der Waals surface area contributed by atoms with Crippen molar-refractivity contribution in [2.75, 3.05) is 7.11 Å². The lowest BCUT2D eigenvalue weighted by molar-refractivity contribution is 0.380. The highest BCUT2D eigenvalue weighted by Gasteiger charge is 2.15. The molecule has 0 fully saturated rings. The van der Waals surface area contributed by atoms with Crippen molar-refractivity contribution in [2.24, 2.45) is 0 Å². The fraction of sp³-hybridized carbons (Fsp3) is 0.154. The smallest absolute Gasteiger partial charge is 0.337 e. The van der Waals surface area contributed by atoms with E-state index in [1.54, 1.807) is 0 Å². The van der Waals surface area contributed by atoms with Crippen LogP contribution in [0.1, 0.15) is 5.56 Å². The lowest BCUT2D eigenvalue weighted by Gasteiger charge is -2.07. The number of ether oxygens (including phenoxy) is 1. The zero-order valence-corrected chi connectivity index (χ0v) is 11.2. The third-order valence-electron chi connectivity index (χ3n) is 2.86. The number of aromatic nitrogens is 4. The Morgan fingerprint density at radius 3 is 2.58 bits per heavy atom. The van der Waals surface area contributed by atoms with Gasteiger partial charge in [-0.1, -0.05) is 41.9 Å². The summed E-state index contributed by atoms with van der Waals surface area (Å²) in [5.74, 6) is 0.423. The van der Waals surface area contributed by atoms with Crippen LogP contribution in [0.2, 0.25) is 5.15 Å². The molecule has 5 nitrogen and oxygen atoms in total. The lowest BCUT2D eigenvalue weighted by Crippen LogP contribution is -1.99. The van der Waals surface area contributed by atoms with E-state index in [-0.39, 0.29) is 6.01 Å². The van der Waals surface area contributed by atoms with Crippen molar-refractivity contribution in [1.82, 2.24) is 19.6 Å². The minimum absolute atomic E-state index is 0.249. The fourth-order valence-electron chi connectivity index (χ4n) is 1.89. The maximum absolute atomic E-state index is 6.32. The van der Waals surface area contributed by atoms with Gasteiger partial charge in [0.25, 0.3) is 5.78 Å². The number of rotatable bonds is 2. The highest BCUT2D eigenvalue weighted by Crippen LogP contribution is 2.27. The van der Waals surface area contributed by atoms with Crippen LogP contribution in [-0.2, 0) is 0 Å². The van der Waals surface area contributed by atoms with E-state index in [4.69, 9.17) is 16.3 Å². The van der Waals surface area contributed by atoms with Crippen LogP contribution in [-0.4, -0.2) is 26.7 Å². The molecule has 2 aromatic heterocycles. The maximum Gasteiger partial charge on any atom is 0.337 e. The Labute approximate surface area is 114 Å². The lowest BCUT2D eigenvalue weighted by atomic mass is 10.1. The number of hydrogen-bond acceptors (Lipinski definition) is 4. The minimum Gasteiger partial charge on any atom is -0.466 e. The van der Waals surface area contributed by atoms with Gasteiger partial charge in [-0.05, 0) is 6.92 Å². The van der Waals surface area contributed by atoms with Gasteiger partial charge in [0.1, 0.15) is 5.15 Å². The van der Waals surface area contributed by atoms with Crippen LogP contribution >= 0.6 is 11.6 Å². The summed E-state index contributed by atoms with van der Waals surface area (Å²) in [6.45, 7) is 1.91. The van der Waals surface area contributed by atoms with Gasteiger partial charge in [0.15, 0.2) is 0 Å². The molecule has 0 aliphatic rings. The standard InChI is InChI=1S/C13H11ClN4O/c1-8-10(9-6-4-3-5-7-9)15-12-16-13(19-2)17-18(12)11(8)14/h3-7H,1-2H3. The quantitative estimate of drug-likeness (QED) is 0.674. The molecule has 0 amide bonds. The summed E-state index contributed by atoms with van der Waals surface area (Å²) in [6, 6.07) is 10.1. The number of benzene rings is 1. The van der Waals surface area contributed by atoms with Crippen molar-refractivity contribution in [2.45, 2.75) is 6.92 Å². The molecule has 0 aliphatic carbocycles. The predicted molar refractivity (Wildman–Crippen MR) is 72.5 cm³/mol. The van der Waals surface area contributed by atoms with Crippen molar-refractivity contribution in [1.29, 1.82) is 0 Å². The van der Waals surface area contributed by atoms with Gasteiger partial charge in [0.05, 0.1) is 12.8 Å². The van der Waals surface area contributed by atoms with Gasteiger partial charge in [-0.2, -0.15) is 9.50 Å². The van der Waals surface area contributed by atoms with Crippen LogP contribution in [0.4, 0.5) is 0 Å². The van der Waals surface area contributed by atoms with Crippen LogP contribution in [0.15, 0.2) is 30.3 Å². The second-order valence-corrected chi connectivity index (χ2v) is 4.41. The molecule has 19 heavy (non-hydrogen) atoms. The number of nitrogens with zero attached hydrogens (tertiary/aromatic N) is 4. The molecule has 6 heteroatoms. The van der Waals surface area contributed by atoms with Gasteiger partial charge in [0, 0.05) is 11.1 Å². The second-order valence-electron chi connectivity index (χ2n) is 4.05. The average Bonchev–Trinajstić information content (AvgIpc) is 2.87. The first-order valence-electron chi connectivity index (χ1n) is 5.73. The van der Waals surface area contributed by atoms with Gasteiger partial charge >= 0.3 is 6.01 Å². The molecule has 3 rings (SSSR count). The molecule has 2 heterocycles. The first-order chi connectivity index (χ1) is 9.20. The van der Waals surface area contributed by atoms with Crippen molar-refractivity contribution >= 4 is 17.4 Å². The molecule has 0 radical (unpaired) electrons. The number of methoxy groups -OCH3 is 1. The Bertz CT molecular complexity index is 739. The molecule has 0 atom stereocenters. The molecular weight excluding hydrogens is 264 g/mol. The predicted octanol–water partition coefficient (Wildman–Crippen LogP) is 2.76. The van der Waals surface area contributed by atoms with Crippen LogP contribution < -0.4 is 4.74 Å². The summed E-state index contributed by atoms with van der Waals surface area (Å²) in [6.07, 6.45) is 0. The van der Waals surface area contributed by atoms with E-state index in [1.165, 1.54) is 11.6 Å². The maximum atomic E-state index is 6.32. The largest absolute Gasteiger partial charge is 0.466 e. The molecule has 1 aromatic carbocycles. The van der Waals surface area contributed by atoms with Crippen LogP contribution in [0.3, 0.4) is 0 Å².